The molecule has 0 N–H and O–H groups in total. The molecule has 4 nitrogen and oxygen atoms in total. The summed E-state index contributed by atoms with van der Waals surface area (Å²) in [4.78, 5) is 22.8. The highest BCUT2D eigenvalue weighted by molar-refractivity contribution is 6.08. The van der Waals surface area contributed by atoms with E-state index in [1.165, 1.54) is 19.2 Å². The van der Waals surface area contributed by atoms with Crippen LogP contribution < -0.4 is 4.74 Å². The molecular formula is C14H15FO4. The van der Waals surface area contributed by atoms with Crippen LogP contribution in [0.5, 0.6) is 5.75 Å². The Bertz CT molecular complexity index is 494. The van der Waals surface area contributed by atoms with Crippen LogP contribution in [0.25, 0.3) is 0 Å². The number of allylic oxidation sites excluding steroid dienone is 1. The number of benzene rings is 1. The van der Waals surface area contributed by atoms with Gasteiger partial charge in [0.1, 0.15) is 11.6 Å². The highest BCUT2D eigenvalue weighted by Gasteiger charge is 2.12. The van der Waals surface area contributed by atoms with Crippen LogP contribution in [0.3, 0.4) is 0 Å². The molecule has 0 radical (unpaired) electrons. The van der Waals surface area contributed by atoms with Crippen LogP contribution in [0.15, 0.2) is 30.4 Å². The van der Waals surface area contributed by atoms with Crippen molar-refractivity contribution in [3.05, 3.63) is 41.7 Å². The Hall–Kier alpha value is -2.17. The Balaban J connectivity index is 2.96. The molecule has 0 aliphatic heterocycles. The number of carbonyl (C=O) groups excluding carboxylic acids is 2. The van der Waals surface area contributed by atoms with Gasteiger partial charge in [0.2, 0.25) is 0 Å². The molecule has 0 fully saturated rings. The Labute approximate surface area is 110 Å². The molecule has 1 rings (SSSR count). The Morgan fingerprint density at radius 2 is 2.05 bits per heavy atom. The molecule has 0 saturated carbocycles. The lowest BCUT2D eigenvalue weighted by Crippen LogP contribution is -2.04. The molecule has 0 aromatic heterocycles. The van der Waals surface area contributed by atoms with E-state index < -0.39 is 17.6 Å². The number of ketones is 1. The third kappa shape index (κ3) is 4.54. The smallest absolute Gasteiger partial charge is 0.330 e. The van der Waals surface area contributed by atoms with Crippen molar-refractivity contribution in [2.24, 2.45) is 0 Å². The molecule has 1 aromatic rings. The lowest BCUT2D eigenvalue weighted by atomic mass is 10.1. The van der Waals surface area contributed by atoms with Crippen LogP contribution in [0, 0.1) is 5.82 Å². The summed E-state index contributed by atoms with van der Waals surface area (Å²) >= 11 is 0. The summed E-state index contributed by atoms with van der Waals surface area (Å²) < 4.78 is 22.9. The van der Waals surface area contributed by atoms with Crippen LogP contribution in [0.4, 0.5) is 4.39 Å². The zero-order chi connectivity index (χ0) is 14.3. The van der Waals surface area contributed by atoms with Crippen molar-refractivity contribution >= 4 is 11.8 Å². The normalized spacial score (nSPS) is 10.5. The summed E-state index contributed by atoms with van der Waals surface area (Å²) in [5.41, 5.74) is 0.0774. The number of hydrogen-bond acceptors (Lipinski definition) is 4. The predicted octanol–water partition coefficient (Wildman–Crippen LogP) is 2.53. The maximum atomic E-state index is 13.2. The van der Waals surface area contributed by atoms with Gasteiger partial charge in [-0.2, -0.15) is 0 Å². The molecule has 0 aliphatic rings. The summed E-state index contributed by atoms with van der Waals surface area (Å²) in [7, 11) is 1.20. The zero-order valence-electron chi connectivity index (χ0n) is 10.8. The molecule has 19 heavy (non-hydrogen) atoms. The van der Waals surface area contributed by atoms with Crippen LogP contribution >= 0.6 is 0 Å². The lowest BCUT2D eigenvalue weighted by Gasteiger charge is -2.08. The van der Waals surface area contributed by atoms with E-state index in [-0.39, 0.29) is 5.56 Å². The number of methoxy groups -OCH3 is 1. The molecule has 0 amide bonds. The molecule has 102 valence electrons. The van der Waals surface area contributed by atoms with Gasteiger partial charge in [0, 0.05) is 6.08 Å². The fourth-order valence-corrected chi connectivity index (χ4v) is 1.33. The van der Waals surface area contributed by atoms with Crippen molar-refractivity contribution in [3.8, 4) is 5.75 Å². The summed E-state index contributed by atoms with van der Waals surface area (Å²) in [6, 6.07) is 3.69. The monoisotopic (exact) mass is 266 g/mol. The summed E-state index contributed by atoms with van der Waals surface area (Å²) in [6.45, 7) is 2.34. The van der Waals surface area contributed by atoms with Gasteiger partial charge in [-0.05, 0) is 30.7 Å². The van der Waals surface area contributed by atoms with Crippen molar-refractivity contribution in [2.75, 3.05) is 13.7 Å². The van der Waals surface area contributed by atoms with Crippen LogP contribution in [-0.2, 0) is 9.53 Å². The van der Waals surface area contributed by atoms with E-state index in [2.05, 4.69) is 4.74 Å². The standard InChI is InChI=1S/C14H15FO4/c1-3-8-19-13-6-4-10(15)9-11(13)12(16)5-7-14(17)18-2/h4-7,9H,3,8H2,1-2H3/b7-5+. The van der Waals surface area contributed by atoms with Gasteiger partial charge in [0.25, 0.3) is 0 Å². The fraction of sp³-hybridized carbons (Fsp3) is 0.286. The average Bonchev–Trinajstić information content (AvgIpc) is 2.42. The maximum Gasteiger partial charge on any atom is 0.330 e. The molecule has 1 aromatic carbocycles. The van der Waals surface area contributed by atoms with Crippen LogP contribution in [0.1, 0.15) is 23.7 Å². The third-order valence-electron chi connectivity index (χ3n) is 2.24. The predicted molar refractivity (Wildman–Crippen MR) is 67.7 cm³/mol. The first-order valence-corrected chi connectivity index (χ1v) is 5.81. The largest absolute Gasteiger partial charge is 0.493 e. The molecule has 0 bridgehead atoms. The van der Waals surface area contributed by atoms with Crippen molar-refractivity contribution in [1.29, 1.82) is 0 Å². The van der Waals surface area contributed by atoms with E-state index in [1.54, 1.807) is 0 Å². The van der Waals surface area contributed by atoms with Crippen molar-refractivity contribution < 1.29 is 23.5 Å². The Kier molecular flexibility index (Phi) is 5.73. The fourth-order valence-electron chi connectivity index (χ4n) is 1.33. The second-order valence-corrected chi connectivity index (χ2v) is 3.71. The quantitative estimate of drug-likeness (QED) is 0.451. The number of carbonyl (C=O) groups is 2. The second kappa shape index (κ2) is 7.31. The van der Waals surface area contributed by atoms with E-state index in [0.717, 1.165) is 24.6 Å². The van der Waals surface area contributed by atoms with E-state index in [0.29, 0.717) is 12.4 Å². The van der Waals surface area contributed by atoms with Gasteiger partial charge < -0.3 is 9.47 Å². The summed E-state index contributed by atoms with van der Waals surface area (Å²) in [6.07, 6.45) is 2.78. The van der Waals surface area contributed by atoms with Crippen molar-refractivity contribution in [1.82, 2.24) is 0 Å². The number of halogens is 1. The van der Waals surface area contributed by atoms with Gasteiger partial charge in [-0.1, -0.05) is 6.92 Å². The van der Waals surface area contributed by atoms with Gasteiger partial charge >= 0.3 is 5.97 Å². The van der Waals surface area contributed by atoms with Gasteiger partial charge in [-0.3, -0.25) is 4.79 Å². The number of rotatable bonds is 6. The van der Waals surface area contributed by atoms with E-state index >= 15 is 0 Å². The molecular weight excluding hydrogens is 251 g/mol. The van der Waals surface area contributed by atoms with Crippen molar-refractivity contribution in [3.63, 3.8) is 0 Å². The highest BCUT2D eigenvalue weighted by atomic mass is 19.1. The van der Waals surface area contributed by atoms with Crippen LogP contribution in [0.2, 0.25) is 0 Å². The molecule has 5 heteroatoms. The zero-order valence-corrected chi connectivity index (χ0v) is 10.8. The van der Waals surface area contributed by atoms with Gasteiger partial charge in [0.15, 0.2) is 5.78 Å². The molecule has 0 aliphatic carbocycles. The summed E-state index contributed by atoms with van der Waals surface area (Å²) in [5, 5.41) is 0. The number of esters is 1. The van der Waals surface area contributed by atoms with Crippen molar-refractivity contribution in [2.45, 2.75) is 13.3 Å². The first-order chi connectivity index (χ1) is 9.08. The van der Waals surface area contributed by atoms with Gasteiger partial charge in [0.05, 0.1) is 19.3 Å². The average molecular weight is 266 g/mol. The minimum atomic E-state index is -0.652. The van der Waals surface area contributed by atoms with Gasteiger partial charge in [-0.25, -0.2) is 9.18 Å². The van der Waals surface area contributed by atoms with Gasteiger partial charge in [-0.15, -0.1) is 0 Å². The highest BCUT2D eigenvalue weighted by Crippen LogP contribution is 2.21. The lowest BCUT2D eigenvalue weighted by molar-refractivity contribution is -0.134. The van der Waals surface area contributed by atoms with Crippen LogP contribution in [-0.4, -0.2) is 25.5 Å². The van der Waals surface area contributed by atoms with E-state index in [9.17, 15) is 14.0 Å². The number of ether oxygens (including phenoxy) is 2. The second-order valence-electron chi connectivity index (χ2n) is 3.71. The van der Waals surface area contributed by atoms with E-state index in [1.807, 2.05) is 6.92 Å². The molecule has 0 spiro atoms. The minimum absolute atomic E-state index is 0.0774. The topological polar surface area (TPSA) is 52.6 Å². The molecule has 0 heterocycles. The maximum absolute atomic E-state index is 13.2. The first kappa shape index (κ1) is 14.9. The molecule has 0 saturated heterocycles. The molecule has 0 unspecified atom stereocenters. The first-order valence-electron chi connectivity index (χ1n) is 5.81. The summed E-state index contributed by atoms with van der Waals surface area (Å²) in [5.74, 6) is -1.42. The SMILES string of the molecule is CCCOc1ccc(F)cc1C(=O)/C=C/C(=O)OC. The van der Waals surface area contributed by atoms with E-state index in [4.69, 9.17) is 4.74 Å². The Morgan fingerprint density at radius 1 is 1.32 bits per heavy atom. The molecule has 0 atom stereocenters. The third-order valence-corrected chi connectivity index (χ3v) is 2.24. The number of hydrogen-bond donors (Lipinski definition) is 0. The minimum Gasteiger partial charge on any atom is -0.493 e. The Morgan fingerprint density at radius 3 is 2.68 bits per heavy atom.